The van der Waals surface area contributed by atoms with Crippen molar-refractivity contribution >= 4 is 32.7 Å². The molecule has 3 aromatic rings. The van der Waals surface area contributed by atoms with Crippen LogP contribution in [0, 0.1) is 0 Å². The molecule has 0 aliphatic carbocycles. The number of hydrogen-bond donors (Lipinski definition) is 2. The van der Waals surface area contributed by atoms with Gasteiger partial charge in [-0.2, -0.15) is 0 Å². The molecule has 22 heavy (non-hydrogen) atoms. The second-order valence-electron chi connectivity index (χ2n) is 5.37. The minimum Gasteiger partial charge on any atom is -0.384 e. The number of fused-ring (bicyclic) bond motifs is 1. The Labute approximate surface area is 137 Å². The van der Waals surface area contributed by atoms with Crippen LogP contribution >= 0.6 is 15.9 Å². The van der Waals surface area contributed by atoms with E-state index in [0.29, 0.717) is 6.54 Å². The van der Waals surface area contributed by atoms with Crippen LogP contribution in [0.3, 0.4) is 0 Å². The fourth-order valence-corrected chi connectivity index (χ4v) is 2.63. The standard InChI is InChI=1S/C17H16BrN3O/c1-17(22,12-5-3-2-4-6-12)11-21-14-7-8-19-15-9-13(18)10-20-16(14)15/h2-10,22H,11H2,1H3,(H,19,21). The molecule has 1 unspecified atom stereocenters. The zero-order valence-electron chi connectivity index (χ0n) is 12.1. The fraction of sp³-hybridized carbons (Fsp3) is 0.176. The highest BCUT2D eigenvalue weighted by atomic mass is 79.9. The molecule has 1 atom stereocenters. The van der Waals surface area contributed by atoms with Crippen molar-refractivity contribution in [3.63, 3.8) is 0 Å². The van der Waals surface area contributed by atoms with Crippen molar-refractivity contribution in [2.45, 2.75) is 12.5 Å². The van der Waals surface area contributed by atoms with Crippen LogP contribution in [0.2, 0.25) is 0 Å². The molecule has 0 spiro atoms. The molecule has 0 aliphatic heterocycles. The van der Waals surface area contributed by atoms with Crippen molar-refractivity contribution in [3.05, 3.63) is 64.9 Å². The Balaban J connectivity index is 1.85. The topological polar surface area (TPSA) is 58.0 Å². The number of aliphatic hydroxyl groups is 1. The van der Waals surface area contributed by atoms with Gasteiger partial charge in [-0.3, -0.25) is 9.97 Å². The number of pyridine rings is 2. The van der Waals surface area contributed by atoms with Crippen molar-refractivity contribution < 1.29 is 5.11 Å². The van der Waals surface area contributed by atoms with Crippen molar-refractivity contribution in [1.29, 1.82) is 0 Å². The van der Waals surface area contributed by atoms with Gasteiger partial charge in [0, 0.05) is 23.4 Å². The van der Waals surface area contributed by atoms with Gasteiger partial charge in [0.1, 0.15) is 11.1 Å². The molecule has 0 amide bonds. The third-order valence-corrected chi connectivity index (χ3v) is 4.00. The molecule has 4 nitrogen and oxygen atoms in total. The first-order valence-electron chi connectivity index (χ1n) is 6.98. The molecule has 2 aromatic heterocycles. The summed E-state index contributed by atoms with van der Waals surface area (Å²) in [6.07, 6.45) is 3.47. The first kappa shape index (κ1) is 14.9. The molecule has 0 saturated carbocycles. The molecule has 5 heteroatoms. The summed E-state index contributed by atoms with van der Waals surface area (Å²) in [6, 6.07) is 13.4. The van der Waals surface area contributed by atoms with Crippen LogP contribution in [0.5, 0.6) is 0 Å². The van der Waals surface area contributed by atoms with Gasteiger partial charge in [-0.25, -0.2) is 0 Å². The summed E-state index contributed by atoms with van der Waals surface area (Å²) in [5.41, 5.74) is 2.35. The molecule has 2 heterocycles. The number of anilines is 1. The smallest absolute Gasteiger partial charge is 0.112 e. The Morgan fingerprint density at radius 2 is 1.95 bits per heavy atom. The van der Waals surface area contributed by atoms with Gasteiger partial charge in [-0.15, -0.1) is 0 Å². The Morgan fingerprint density at radius 1 is 1.18 bits per heavy atom. The number of benzene rings is 1. The first-order chi connectivity index (χ1) is 10.6. The summed E-state index contributed by atoms with van der Waals surface area (Å²) < 4.78 is 0.890. The van der Waals surface area contributed by atoms with E-state index in [4.69, 9.17) is 0 Å². The molecular weight excluding hydrogens is 342 g/mol. The molecule has 0 fully saturated rings. The maximum absolute atomic E-state index is 10.7. The van der Waals surface area contributed by atoms with Crippen LogP contribution in [-0.2, 0) is 5.60 Å². The highest BCUT2D eigenvalue weighted by Gasteiger charge is 2.22. The van der Waals surface area contributed by atoms with E-state index < -0.39 is 5.60 Å². The van der Waals surface area contributed by atoms with Gasteiger partial charge in [-0.05, 0) is 40.5 Å². The van der Waals surface area contributed by atoms with Gasteiger partial charge in [0.05, 0.1) is 11.2 Å². The van der Waals surface area contributed by atoms with Gasteiger partial charge < -0.3 is 10.4 Å². The van der Waals surface area contributed by atoms with E-state index in [-0.39, 0.29) is 0 Å². The maximum Gasteiger partial charge on any atom is 0.112 e. The number of halogens is 1. The maximum atomic E-state index is 10.7. The molecule has 3 rings (SSSR count). The Hall–Kier alpha value is -1.98. The number of nitrogens with one attached hydrogen (secondary N) is 1. The average molecular weight is 358 g/mol. The normalized spacial score (nSPS) is 13.8. The number of rotatable bonds is 4. The molecule has 2 N–H and O–H groups in total. The number of aromatic nitrogens is 2. The molecule has 112 valence electrons. The fourth-order valence-electron chi connectivity index (χ4n) is 2.31. The third-order valence-electron chi connectivity index (χ3n) is 3.56. The lowest BCUT2D eigenvalue weighted by Gasteiger charge is -2.25. The predicted octanol–water partition coefficient (Wildman–Crippen LogP) is 3.71. The van der Waals surface area contributed by atoms with Gasteiger partial charge in [0.15, 0.2) is 0 Å². The molecule has 0 bridgehead atoms. The van der Waals surface area contributed by atoms with Crippen molar-refractivity contribution in [2.24, 2.45) is 0 Å². The summed E-state index contributed by atoms with van der Waals surface area (Å²) in [6.45, 7) is 2.18. The zero-order valence-corrected chi connectivity index (χ0v) is 13.7. The molecule has 0 radical (unpaired) electrons. The van der Waals surface area contributed by atoms with Crippen LogP contribution in [0.1, 0.15) is 12.5 Å². The van der Waals surface area contributed by atoms with Gasteiger partial charge in [-0.1, -0.05) is 30.3 Å². The Bertz CT molecular complexity index is 790. The van der Waals surface area contributed by atoms with Crippen molar-refractivity contribution in [1.82, 2.24) is 9.97 Å². The number of nitrogens with zero attached hydrogens (tertiary/aromatic N) is 2. The van der Waals surface area contributed by atoms with E-state index >= 15 is 0 Å². The monoisotopic (exact) mass is 357 g/mol. The van der Waals surface area contributed by atoms with E-state index in [0.717, 1.165) is 26.8 Å². The lowest BCUT2D eigenvalue weighted by atomic mass is 9.96. The summed E-state index contributed by atoms with van der Waals surface area (Å²) >= 11 is 3.40. The van der Waals surface area contributed by atoms with Crippen LogP contribution in [0.15, 0.2) is 59.3 Å². The third kappa shape index (κ3) is 3.10. The van der Waals surface area contributed by atoms with E-state index in [1.165, 1.54) is 0 Å². The van der Waals surface area contributed by atoms with E-state index in [1.807, 2.05) is 42.5 Å². The second kappa shape index (κ2) is 6.02. The van der Waals surface area contributed by atoms with Crippen LogP contribution in [0.4, 0.5) is 5.69 Å². The van der Waals surface area contributed by atoms with E-state index in [1.54, 1.807) is 19.3 Å². The number of hydrogen-bond acceptors (Lipinski definition) is 4. The summed E-state index contributed by atoms with van der Waals surface area (Å²) in [5, 5.41) is 13.9. The Kier molecular flexibility index (Phi) is 4.09. The minimum absolute atomic E-state index is 0.383. The average Bonchev–Trinajstić information content (AvgIpc) is 2.53. The summed E-state index contributed by atoms with van der Waals surface area (Å²) in [5.74, 6) is 0. The van der Waals surface area contributed by atoms with Gasteiger partial charge >= 0.3 is 0 Å². The van der Waals surface area contributed by atoms with Gasteiger partial charge in [0.2, 0.25) is 0 Å². The molecule has 0 saturated heterocycles. The Morgan fingerprint density at radius 3 is 2.73 bits per heavy atom. The highest BCUT2D eigenvalue weighted by Crippen LogP contribution is 2.25. The lowest BCUT2D eigenvalue weighted by molar-refractivity contribution is 0.0716. The largest absolute Gasteiger partial charge is 0.384 e. The first-order valence-corrected chi connectivity index (χ1v) is 7.78. The van der Waals surface area contributed by atoms with Crippen molar-refractivity contribution in [3.8, 4) is 0 Å². The van der Waals surface area contributed by atoms with Gasteiger partial charge in [0.25, 0.3) is 0 Å². The predicted molar refractivity (Wildman–Crippen MR) is 91.7 cm³/mol. The zero-order chi connectivity index (χ0) is 15.6. The van der Waals surface area contributed by atoms with Crippen LogP contribution < -0.4 is 5.32 Å². The van der Waals surface area contributed by atoms with E-state index in [9.17, 15) is 5.11 Å². The molecular formula is C17H16BrN3O. The van der Waals surface area contributed by atoms with E-state index in [2.05, 4.69) is 31.2 Å². The summed E-state index contributed by atoms with van der Waals surface area (Å²) in [7, 11) is 0. The molecule has 1 aromatic carbocycles. The SMILES string of the molecule is CC(O)(CNc1ccnc2cc(Br)cnc12)c1ccccc1. The molecule has 0 aliphatic rings. The van der Waals surface area contributed by atoms with Crippen molar-refractivity contribution in [2.75, 3.05) is 11.9 Å². The van der Waals surface area contributed by atoms with Crippen LogP contribution in [0.25, 0.3) is 11.0 Å². The minimum atomic E-state index is -0.966. The second-order valence-corrected chi connectivity index (χ2v) is 6.29. The summed E-state index contributed by atoms with van der Waals surface area (Å²) in [4.78, 5) is 8.71. The lowest BCUT2D eigenvalue weighted by Crippen LogP contribution is -2.30. The highest BCUT2D eigenvalue weighted by molar-refractivity contribution is 9.10. The van der Waals surface area contributed by atoms with Crippen LogP contribution in [-0.4, -0.2) is 21.6 Å². The quantitative estimate of drug-likeness (QED) is 0.747.